The van der Waals surface area contributed by atoms with Gasteiger partial charge in [-0.25, -0.2) is 4.68 Å². The minimum Gasteiger partial charge on any atom is -0.379 e. The smallest absolute Gasteiger partial charge is 0.291 e. The van der Waals surface area contributed by atoms with Crippen LogP contribution < -0.4 is 10.9 Å². The van der Waals surface area contributed by atoms with Crippen molar-refractivity contribution < 1.29 is 0 Å². The van der Waals surface area contributed by atoms with Crippen LogP contribution in [0.4, 0.5) is 5.69 Å². The molecular formula is C14H20ClN3OS. The molecule has 6 heteroatoms. The van der Waals surface area contributed by atoms with Crippen molar-refractivity contribution in [2.45, 2.75) is 32.2 Å². The second-order valence-electron chi connectivity index (χ2n) is 5.73. The molecule has 1 N–H and O–H groups in total. The Kier molecular flexibility index (Phi) is 4.56. The second-order valence-corrected chi connectivity index (χ2v) is 7.37. The van der Waals surface area contributed by atoms with Crippen molar-refractivity contribution in [2.75, 3.05) is 23.4 Å². The van der Waals surface area contributed by atoms with Gasteiger partial charge in [-0.3, -0.25) is 4.79 Å². The normalized spacial score (nSPS) is 20.1. The van der Waals surface area contributed by atoms with E-state index in [0.717, 1.165) is 13.1 Å². The molecule has 4 nitrogen and oxygen atoms in total. The fourth-order valence-electron chi connectivity index (χ4n) is 2.50. The minimum absolute atomic E-state index is 0.0745. The zero-order valence-corrected chi connectivity index (χ0v) is 13.1. The van der Waals surface area contributed by atoms with Crippen molar-refractivity contribution in [2.24, 2.45) is 11.8 Å². The largest absolute Gasteiger partial charge is 0.379 e. The molecule has 1 aromatic rings. The Hall–Kier alpha value is -0.680. The predicted molar refractivity (Wildman–Crippen MR) is 84.8 cm³/mol. The Balaban J connectivity index is 1.68. The summed E-state index contributed by atoms with van der Waals surface area (Å²) in [4.78, 5) is 12.4. The molecule has 0 bridgehead atoms. The SMILES string of the molecule is O=c1c(NCC2CCSCC2)c(Cl)cnn1CC1CC1. The van der Waals surface area contributed by atoms with Crippen LogP contribution in [-0.2, 0) is 6.54 Å². The molecule has 0 unspecified atom stereocenters. The van der Waals surface area contributed by atoms with Crippen LogP contribution in [0.2, 0.25) is 5.02 Å². The van der Waals surface area contributed by atoms with E-state index in [1.807, 2.05) is 11.8 Å². The highest BCUT2D eigenvalue weighted by Crippen LogP contribution is 2.30. The van der Waals surface area contributed by atoms with E-state index in [0.29, 0.717) is 22.5 Å². The van der Waals surface area contributed by atoms with Gasteiger partial charge in [0.25, 0.3) is 5.56 Å². The summed E-state index contributed by atoms with van der Waals surface area (Å²) in [6, 6.07) is 0. The summed E-state index contributed by atoms with van der Waals surface area (Å²) in [7, 11) is 0. The molecule has 2 aliphatic rings. The standard InChI is InChI=1S/C14H20ClN3OS/c15-12-8-17-18(9-11-1-2-11)14(19)13(12)16-7-10-3-5-20-6-4-10/h8,10-11,16H,1-7,9H2. The summed E-state index contributed by atoms with van der Waals surface area (Å²) >= 11 is 8.14. The molecule has 1 saturated heterocycles. The van der Waals surface area contributed by atoms with Crippen LogP contribution >= 0.6 is 23.4 Å². The topological polar surface area (TPSA) is 46.9 Å². The van der Waals surface area contributed by atoms with Gasteiger partial charge >= 0.3 is 0 Å². The van der Waals surface area contributed by atoms with Gasteiger partial charge in [0.1, 0.15) is 5.69 Å². The van der Waals surface area contributed by atoms with Crippen LogP contribution in [-0.4, -0.2) is 27.8 Å². The van der Waals surface area contributed by atoms with Crippen molar-refractivity contribution in [3.63, 3.8) is 0 Å². The molecule has 110 valence electrons. The van der Waals surface area contributed by atoms with Gasteiger partial charge in [0.15, 0.2) is 0 Å². The highest BCUT2D eigenvalue weighted by molar-refractivity contribution is 7.99. The van der Waals surface area contributed by atoms with E-state index < -0.39 is 0 Å². The van der Waals surface area contributed by atoms with Crippen LogP contribution in [0.5, 0.6) is 0 Å². The number of nitrogens with zero attached hydrogens (tertiary/aromatic N) is 2. The van der Waals surface area contributed by atoms with Crippen molar-refractivity contribution in [1.82, 2.24) is 9.78 Å². The van der Waals surface area contributed by atoms with E-state index >= 15 is 0 Å². The molecule has 0 radical (unpaired) electrons. The second kappa shape index (κ2) is 6.39. The first-order chi connectivity index (χ1) is 9.74. The number of aromatic nitrogens is 2. The van der Waals surface area contributed by atoms with Gasteiger partial charge in [-0.1, -0.05) is 11.6 Å². The highest BCUT2D eigenvalue weighted by atomic mass is 35.5. The molecule has 2 fully saturated rings. The highest BCUT2D eigenvalue weighted by Gasteiger charge is 2.23. The van der Waals surface area contributed by atoms with E-state index in [4.69, 9.17) is 11.6 Å². The number of hydrogen-bond acceptors (Lipinski definition) is 4. The van der Waals surface area contributed by atoms with Crippen molar-refractivity contribution in [3.8, 4) is 0 Å². The van der Waals surface area contributed by atoms with Gasteiger partial charge in [-0.05, 0) is 49.0 Å². The Morgan fingerprint density at radius 2 is 2.05 bits per heavy atom. The molecule has 2 heterocycles. The van der Waals surface area contributed by atoms with Crippen LogP contribution in [0.15, 0.2) is 11.0 Å². The zero-order chi connectivity index (χ0) is 13.9. The molecule has 1 aliphatic carbocycles. The average molecular weight is 314 g/mol. The lowest BCUT2D eigenvalue weighted by atomic mass is 10.0. The Morgan fingerprint density at radius 3 is 2.75 bits per heavy atom. The van der Waals surface area contributed by atoms with E-state index in [-0.39, 0.29) is 5.56 Å². The molecule has 0 spiro atoms. The lowest BCUT2D eigenvalue weighted by Crippen LogP contribution is -2.29. The molecular weight excluding hydrogens is 294 g/mol. The monoisotopic (exact) mass is 313 g/mol. The Bertz CT molecular complexity index is 524. The number of nitrogens with one attached hydrogen (secondary N) is 1. The third kappa shape index (κ3) is 3.50. The summed E-state index contributed by atoms with van der Waals surface area (Å²) in [5.41, 5.74) is 0.454. The first-order valence-electron chi connectivity index (χ1n) is 7.31. The summed E-state index contributed by atoms with van der Waals surface area (Å²) in [5, 5.41) is 7.85. The Labute approximate surface area is 128 Å². The third-order valence-corrected chi connectivity index (χ3v) is 5.37. The molecule has 0 atom stereocenters. The number of thioether (sulfide) groups is 1. The zero-order valence-electron chi connectivity index (χ0n) is 11.5. The molecule has 1 aromatic heterocycles. The number of rotatable bonds is 5. The Morgan fingerprint density at radius 1 is 1.30 bits per heavy atom. The van der Waals surface area contributed by atoms with Crippen LogP contribution in [0.1, 0.15) is 25.7 Å². The molecule has 0 aromatic carbocycles. The summed E-state index contributed by atoms with van der Waals surface area (Å²) in [6.07, 6.45) is 6.44. The molecule has 20 heavy (non-hydrogen) atoms. The molecule has 0 amide bonds. The minimum atomic E-state index is -0.0745. The quantitative estimate of drug-likeness (QED) is 0.908. The average Bonchev–Trinajstić information content (AvgIpc) is 3.27. The number of halogens is 1. The van der Waals surface area contributed by atoms with E-state index in [1.54, 1.807) is 10.9 Å². The predicted octanol–water partition coefficient (Wildman–Crippen LogP) is 2.86. The van der Waals surface area contributed by atoms with Gasteiger partial charge in [0.2, 0.25) is 0 Å². The summed E-state index contributed by atoms with van der Waals surface area (Å²) < 4.78 is 1.56. The van der Waals surface area contributed by atoms with Gasteiger partial charge in [-0.2, -0.15) is 16.9 Å². The fourth-order valence-corrected chi connectivity index (χ4v) is 3.90. The van der Waals surface area contributed by atoms with Crippen LogP contribution in [0, 0.1) is 11.8 Å². The van der Waals surface area contributed by atoms with Crippen molar-refractivity contribution in [1.29, 1.82) is 0 Å². The third-order valence-electron chi connectivity index (χ3n) is 4.03. The van der Waals surface area contributed by atoms with Gasteiger partial charge in [-0.15, -0.1) is 0 Å². The number of anilines is 1. The van der Waals surface area contributed by atoms with E-state index in [2.05, 4.69) is 10.4 Å². The molecule has 3 rings (SSSR count). The maximum Gasteiger partial charge on any atom is 0.291 e. The van der Waals surface area contributed by atoms with Crippen molar-refractivity contribution >= 4 is 29.1 Å². The van der Waals surface area contributed by atoms with Crippen molar-refractivity contribution in [3.05, 3.63) is 21.6 Å². The first kappa shape index (κ1) is 14.3. The van der Waals surface area contributed by atoms with Gasteiger partial charge in [0, 0.05) is 13.1 Å². The number of hydrogen-bond donors (Lipinski definition) is 1. The first-order valence-corrected chi connectivity index (χ1v) is 8.84. The van der Waals surface area contributed by atoms with Gasteiger partial charge < -0.3 is 5.32 Å². The lowest BCUT2D eigenvalue weighted by molar-refractivity contribution is 0.512. The van der Waals surface area contributed by atoms with Crippen LogP contribution in [0.3, 0.4) is 0 Å². The summed E-state index contributed by atoms with van der Waals surface area (Å²) in [6.45, 7) is 1.56. The van der Waals surface area contributed by atoms with Gasteiger partial charge in [0.05, 0.1) is 11.2 Å². The summed E-state index contributed by atoms with van der Waals surface area (Å²) in [5.74, 6) is 3.73. The molecule has 1 saturated carbocycles. The maximum absolute atomic E-state index is 12.4. The van der Waals surface area contributed by atoms with E-state index in [9.17, 15) is 4.79 Å². The fraction of sp³-hybridized carbons (Fsp3) is 0.714. The van der Waals surface area contributed by atoms with E-state index in [1.165, 1.54) is 37.2 Å². The lowest BCUT2D eigenvalue weighted by Gasteiger charge is -2.22. The maximum atomic E-state index is 12.4. The van der Waals surface area contributed by atoms with Crippen LogP contribution in [0.25, 0.3) is 0 Å². The molecule has 1 aliphatic heterocycles.